The Morgan fingerprint density at radius 1 is 0.984 bits per heavy atom. The van der Waals surface area contributed by atoms with E-state index in [2.05, 4.69) is 58.7 Å². The van der Waals surface area contributed by atoms with Crippen molar-refractivity contribution in [3.05, 3.63) is 112 Å². The number of amides is 1. The SMILES string of the molecule is COc1ccc(C(OC[C@@]23CO[C@@H]([C@H](n4c(NC(=O)C(C)C)nc5nc[nH]c5c4=O)O2)[C@@H]3OP(OCCC#N)N(C(C)C)C(C)C)(c2ccccc2)c2ccc(OC)cc2)cc1. The molecule has 2 bridgehead atoms. The van der Waals surface area contributed by atoms with E-state index in [0.29, 0.717) is 11.5 Å². The second kappa shape index (κ2) is 19.0. The number of nitrogens with zero attached hydrogens (tertiary/aromatic N) is 5. The summed E-state index contributed by atoms with van der Waals surface area (Å²) in [5, 5.41) is 12.3. The van der Waals surface area contributed by atoms with Crippen LogP contribution in [0.25, 0.3) is 11.2 Å². The van der Waals surface area contributed by atoms with Crippen molar-refractivity contribution in [3.8, 4) is 17.6 Å². The fourth-order valence-electron chi connectivity index (χ4n) is 8.04. The van der Waals surface area contributed by atoms with Gasteiger partial charge in [0.2, 0.25) is 11.9 Å². The molecule has 2 aliphatic heterocycles. The third-order valence-electron chi connectivity index (χ3n) is 11.1. The first kappa shape index (κ1) is 44.8. The molecule has 16 nitrogen and oxygen atoms in total. The van der Waals surface area contributed by atoms with Crippen LogP contribution in [0.5, 0.6) is 11.5 Å². The second-order valence-electron chi connectivity index (χ2n) is 16.1. The number of carbonyl (C=O) groups is 1. The number of aromatic nitrogens is 4. The van der Waals surface area contributed by atoms with Crippen molar-refractivity contribution in [1.82, 2.24) is 24.2 Å². The molecule has 1 unspecified atom stereocenters. The highest BCUT2D eigenvalue weighted by atomic mass is 31.2. The van der Waals surface area contributed by atoms with E-state index in [1.807, 2.05) is 78.9 Å². The molecule has 5 aromatic rings. The maximum absolute atomic E-state index is 14.5. The number of nitrogens with one attached hydrogen (secondary N) is 2. The summed E-state index contributed by atoms with van der Waals surface area (Å²) in [7, 11) is 1.39. The number of ether oxygens (including phenoxy) is 5. The standard InChI is InChI=1S/C45H54N7O9P/c1-28(2)40(53)50-43-49-39-36(47-27-48-39)41(54)51(43)42-37-38(61-62(59-24-12-23-46)52(29(3)4)30(5)6)44(60-42,25-57-37)26-58-45(31-13-10-9-11-14-31,32-15-19-34(55-7)20-16-32)33-17-21-35(56-8)22-18-33/h9-11,13-22,27-30,37-38,42H,12,24-26H2,1-8H3,(H,47,48)(H,49,50,53)/t37-,38+,42-,44-,62?/m1/s1. The largest absolute Gasteiger partial charge is 0.497 e. The number of fused-ring (bicyclic) bond motifs is 3. The van der Waals surface area contributed by atoms with Gasteiger partial charge in [0.1, 0.15) is 34.9 Å². The molecule has 4 heterocycles. The van der Waals surface area contributed by atoms with Crippen LogP contribution in [0.3, 0.4) is 0 Å². The fourth-order valence-corrected chi connectivity index (χ4v) is 9.85. The summed E-state index contributed by atoms with van der Waals surface area (Å²) in [5.41, 5.74) is -0.493. The number of aromatic amines is 1. The molecule has 2 fully saturated rings. The van der Waals surface area contributed by atoms with E-state index in [1.54, 1.807) is 28.1 Å². The molecule has 0 radical (unpaired) electrons. The minimum atomic E-state index is -1.85. The first-order valence-corrected chi connectivity index (χ1v) is 21.8. The number of methoxy groups -OCH3 is 2. The third-order valence-corrected chi connectivity index (χ3v) is 13.2. The third kappa shape index (κ3) is 8.59. The lowest BCUT2D eigenvalue weighted by Gasteiger charge is -2.41. The molecule has 0 aliphatic carbocycles. The molecule has 2 aromatic heterocycles. The van der Waals surface area contributed by atoms with Gasteiger partial charge in [-0.3, -0.25) is 14.9 Å². The molecule has 0 saturated carbocycles. The van der Waals surface area contributed by atoms with Crippen LogP contribution in [0.1, 0.15) is 70.9 Å². The number of anilines is 1. The highest BCUT2D eigenvalue weighted by Gasteiger charge is 2.65. The predicted octanol–water partition coefficient (Wildman–Crippen LogP) is 7.07. The minimum absolute atomic E-state index is 0.0157. The zero-order valence-corrected chi connectivity index (χ0v) is 37.1. The normalized spacial score (nSPS) is 20.3. The Labute approximate surface area is 362 Å². The quantitative estimate of drug-likeness (QED) is 0.0489. The molecule has 3 aromatic carbocycles. The fraction of sp³-hybridized carbons (Fsp3) is 0.444. The van der Waals surface area contributed by atoms with Crippen molar-refractivity contribution < 1.29 is 37.5 Å². The van der Waals surface area contributed by atoms with E-state index in [0.717, 1.165) is 16.7 Å². The monoisotopic (exact) mass is 867 g/mol. The number of carbonyl (C=O) groups excluding carboxylic acids is 1. The predicted molar refractivity (Wildman–Crippen MR) is 233 cm³/mol. The van der Waals surface area contributed by atoms with Gasteiger partial charge in [-0.2, -0.15) is 10.2 Å². The van der Waals surface area contributed by atoms with E-state index in [4.69, 9.17) is 32.7 Å². The van der Waals surface area contributed by atoms with Gasteiger partial charge in [0.25, 0.3) is 14.1 Å². The zero-order chi connectivity index (χ0) is 44.2. The number of rotatable bonds is 19. The average molecular weight is 868 g/mol. The zero-order valence-electron chi connectivity index (χ0n) is 36.2. The molecule has 5 atom stereocenters. The summed E-state index contributed by atoms with van der Waals surface area (Å²) in [6.45, 7) is 11.7. The molecule has 7 rings (SSSR count). The summed E-state index contributed by atoms with van der Waals surface area (Å²) < 4.78 is 49.4. The van der Waals surface area contributed by atoms with Crippen LogP contribution in [0.15, 0.2) is 90.0 Å². The van der Waals surface area contributed by atoms with Crippen LogP contribution in [0.4, 0.5) is 5.95 Å². The first-order chi connectivity index (χ1) is 29.9. The number of benzene rings is 3. The minimum Gasteiger partial charge on any atom is -0.497 e. The maximum atomic E-state index is 14.5. The molecule has 2 N–H and O–H groups in total. The number of imidazole rings is 1. The van der Waals surface area contributed by atoms with Crippen LogP contribution < -0.4 is 20.3 Å². The van der Waals surface area contributed by atoms with E-state index in [9.17, 15) is 14.9 Å². The molecular formula is C45H54N7O9P. The van der Waals surface area contributed by atoms with Crippen molar-refractivity contribution in [1.29, 1.82) is 5.26 Å². The van der Waals surface area contributed by atoms with Gasteiger partial charge in [-0.25, -0.2) is 14.2 Å². The molecule has 0 spiro atoms. The van der Waals surface area contributed by atoms with Gasteiger partial charge < -0.3 is 37.7 Å². The van der Waals surface area contributed by atoms with Gasteiger partial charge in [-0.05, 0) is 68.7 Å². The Morgan fingerprint density at radius 3 is 2.16 bits per heavy atom. The van der Waals surface area contributed by atoms with Gasteiger partial charge in [0.05, 0.1) is 52.9 Å². The van der Waals surface area contributed by atoms with Crippen molar-refractivity contribution >= 4 is 31.5 Å². The Bertz CT molecular complexity index is 2350. The van der Waals surface area contributed by atoms with Gasteiger partial charge in [-0.15, -0.1) is 0 Å². The lowest BCUT2D eigenvalue weighted by atomic mass is 9.79. The molecule has 1 amide bonds. The lowest BCUT2D eigenvalue weighted by molar-refractivity contribution is -0.203. The van der Waals surface area contributed by atoms with Gasteiger partial charge in [0.15, 0.2) is 17.4 Å². The van der Waals surface area contributed by atoms with Crippen molar-refractivity contribution in [2.45, 2.75) is 89.7 Å². The number of nitriles is 1. The molecule has 17 heteroatoms. The Hall–Kier alpha value is -5.24. The summed E-state index contributed by atoms with van der Waals surface area (Å²) in [4.78, 5) is 39.5. The van der Waals surface area contributed by atoms with Gasteiger partial charge >= 0.3 is 0 Å². The van der Waals surface area contributed by atoms with Crippen LogP contribution in [0.2, 0.25) is 0 Å². The van der Waals surface area contributed by atoms with E-state index >= 15 is 0 Å². The summed E-state index contributed by atoms with van der Waals surface area (Å²) >= 11 is 0. The highest BCUT2D eigenvalue weighted by molar-refractivity contribution is 7.44. The van der Waals surface area contributed by atoms with Crippen LogP contribution in [-0.2, 0) is 33.7 Å². The smallest absolute Gasteiger partial charge is 0.283 e. The molecule has 62 heavy (non-hydrogen) atoms. The lowest BCUT2D eigenvalue weighted by Crippen LogP contribution is -2.49. The summed E-state index contributed by atoms with van der Waals surface area (Å²) in [6, 6.07) is 27.4. The van der Waals surface area contributed by atoms with Gasteiger partial charge in [-0.1, -0.05) is 68.4 Å². The second-order valence-corrected chi connectivity index (χ2v) is 17.5. The van der Waals surface area contributed by atoms with Crippen molar-refractivity contribution in [3.63, 3.8) is 0 Å². The van der Waals surface area contributed by atoms with Crippen LogP contribution in [-0.4, -0.2) is 94.0 Å². The number of hydrogen-bond donors (Lipinski definition) is 2. The first-order valence-electron chi connectivity index (χ1n) is 20.7. The molecular weight excluding hydrogens is 814 g/mol. The maximum Gasteiger partial charge on any atom is 0.283 e. The van der Waals surface area contributed by atoms with E-state index in [-0.39, 0.29) is 61.3 Å². The number of H-pyrrole nitrogens is 1. The van der Waals surface area contributed by atoms with Crippen molar-refractivity contribution in [2.75, 3.05) is 39.4 Å². The molecule has 328 valence electrons. The van der Waals surface area contributed by atoms with Crippen molar-refractivity contribution in [2.24, 2.45) is 5.92 Å². The van der Waals surface area contributed by atoms with Crippen LogP contribution in [0, 0.1) is 17.2 Å². The Morgan fingerprint density at radius 2 is 1.60 bits per heavy atom. The van der Waals surface area contributed by atoms with Gasteiger partial charge in [0, 0.05) is 18.0 Å². The summed E-state index contributed by atoms with van der Waals surface area (Å²) in [5.74, 6) is 0.492. The Kier molecular flexibility index (Phi) is 13.7. The molecule has 2 saturated heterocycles. The number of hydrogen-bond acceptors (Lipinski definition) is 13. The van der Waals surface area contributed by atoms with Crippen LogP contribution >= 0.6 is 8.53 Å². The average Bonchev–Trinajstić information content (AvgIpc) is 3.97. The Balaban J connectivity index is 1.40. The van der Waals surface area contributed by atoms with E-state index < -0.39 is 49.6 Å². The molecule has 2 aliphatic rings. The topological polar surface area (TPSA) is 184 Å². The highest BCUT2D eigenvalue weighted by Crippen LogP contribution is 2.56. The van der Waals surface area contributed by atoms with E-state index in [1.165, 1.54) is 10.9 Å². The summed E-state index contributed by atoms with van der Waals surface area (Å²) in [6.07, 6.45) is -1.47.